The van der Waals surface area contributed by atoms with Crippen LogP contribution in [0, 0.1) is 0 Å². The van der Waals surface area contributed by atoms with Crippen LogP contribution in [0.4, 0.5) is 0 Å². The minimum Gasteiger partial charge on any atom is -0.338 e. The van der Waals surface area contributed by atoms with Gasteiger partial charge in [-0.05, 0) is 31.5 Å². The number of nitrogens with zero attached hydrogens (tertiary/aromatic N) is 3. The topological polar surface area (TPSA) is 68.2 Å². The van der Waals surface area contributed by atoms with Crippen LogP contribution in [0.5, 0.6) is 0 Å². The van der Waals surface area contributed by atoms with Gasteiger partial charge < -0.3 is 10.3 Å². The van der Waals surface area contributed by atoms with E-state index in [0.29, 0.717) is 30.8 Å². The fraction of sp³-hybridized carbons (Fsp3) is 0.429. The molecular weight excluding hydrogens is 320 g/mol. The van der Waals surface area contributed by atoms with Crippen LogP contribution in [0.25, 0.3) is 11.4 Å². The molecule has 1 aliphatic heterocycles. The van der Waals surface area contributed by atoms with Crippen LogP contribution in [-0.4, -0.2) is 34.2 Å². The molecule has 0 bridgehead atoms. The van der Waals surface area contributed by atoms with Gasteiger partial charge in [-0.15, -0.1) is 0 Å². The first kappa shape index (κ1) is 13.7. The summed E-state index contributed by atoms with van der Waals surface area (Å²) in [6, 6.07) is 8.32. The van der Waals surface area contributed by atoms with Gasteiger partial charge in [-0.2, -0.15) is 4.98 Å². The van der Waals surface area contributed by atoms with E-state index < -0.39 is 0 Å². The number of nitrogens with two attached hydrogens (primary N) is 1. The highest BCUT2D eigenvalue weighted by atomic mass is 79.9. The molecule has 1 unspecified atom stereocenters. The Kier molecular flexibility index (Phi) is 4.14. The summed E-state index contributed by atoms with van der Waals surface area (Å²) in [5.41, 5.74) is 6.73. The smallest absolute Gasteiger partial charge is 0.241 e. The second kappa shape index (κ2) is 6.03. The standard InChI is InChI=1S/C14H17BrN4O/c15-11-4-1-3-10(7-11)14-17-13(20-18-14)9-19-6-2-5-12(19)8-16/h1,3-4,7,12H,2,5-6,8-9,16H2. The predicted molar refractivity (Wildman–Crippen MR) is 79.9 cm³/mol. The Balaban J connectivity index is 1.74. The van der Waals surface area contributed by atoms with E-state index in [2.05, 4.69) is 31.0 Å². The number of hydrogen-bond donors (Lipinski definition) is 1. The Morgan fingerprint density at radius 2 is 2.35 bits per heavy atom. The summed E-state index contributed by atoms with van der Waals surface area (Å²) in [4.78, 5) is 6.79. The van der Waals surface area contributed by atoms with Crippen LogP contribution < -0.4 is 5.73 Å². The van der Waals surface area contributed by atoms with E-state index in [9.17, 15) is 0 Å². The van der Waals surface area contributed by atoms with E-state index >= 15 is 0 Å². The van der Waals surface area contributed by atoms with Crippen molar-refractivity contribution in [2.45, 2.75) is 25.4 Å². The minimum atomic E-state index is 0.441. The summed E-state index contributed by atoms with van der Waals surface area (Å²) in [5.74, 6) is 1.28. The fourth-order valence-corrected chi connectivity index (χ4v) is 3.01. The zero-order valence-electron chi connectivity index (χ0n) is 11.1. The first-order valence-electron chi connectivity index (χ1n) is 6.79. The van der Waals surface area contributed by atoms with Gasteiger partial charge in [-0.1, -0.05) is 33.2 Å². The van der Waals surface area contributed by atoms with Gasteiger partial charge >= 0.3 is 0 Å². The number of aromatic nitrogens is 2. The fourth-order valence-electron chi connectivity index (χ4n) is 2.61. The van der Waals surface area contributed by atoms with Crippen molar-refractivity contribution in [1.29, 1.82) is 0 Å². The van der Waals surface area contributed by atoms with E-state index in [4.69, 9.17) is 10.3 Å². The lowest BCUT2D eigenvalue weighted by atomic mass is 10.2. The Hall–Kier alpha value is -1.24. The van der Waals surface area contributed by atoms with Gasteiger partial charge in [0.15, 0.2) is 0 Å². The van der Waals surface area contributed by atoms with Crippen molar-refractivity contribution in [1.82, 2.24) is 15.0 Å². The van der Waals surface area contributed by atoms with E-state index in [1.165, 1.54) is 6.42 Å². The van der Waals surface area contributed by atoms with Crippen LogP contribution in [0.3, 0.4) is 0 Å². The molecule has 3 rings (SSSR count). The summed E-state index contributed by atoms with van der Waals surface area (Å²) in [6.07, 6.45) is 2.34. The highest BCUT2D eigenvalue weighted by Gasteiger charge is 2.25. The second-order valence-electron chi connectivity index (χ2n) is 5.02. The Labute approximate surface area is 126 Å². The van der Waals surface area contributed by atoms with Crippen molar-refractivity contribution in [3.8, 4) is 11.4 Å². The maximum Gasteiger partial charge on any atom is 0.241 e. The van der Waals surface area contributed by atoms with Crippen molar-refractivity contribution in [2.75, 3.05) is 13.1 Å². The Morgan fingerprint density at radius 3 is 3.15 bits per heavy atom. The van der Waals surface area contributed by atoms with Crippen molar-refractivity contribution >= 4 is 15.9 Å². The number of rotatable bonds is 4. The molecule has 106 valence electrons. The first-order valence-corrected chi connectivity index (χ1v) is 7.58. The molecule has 2 heterocycles. The molecule has 1 aromatic heterocycles. The largest absolute Gasteiger partial charge is 0.338 e. The van der Waals surface area contributed by atoms with Gasteiger partial charge in [0, 0.05) is 22.6 Å². The molecule has 2 N–H and O–H groups in total. The summed E-state index contributed by atoms with van der Waals surface area (Å²) >= 11 is 3.45. The maximum absolute atomic E-state index is 5.78. The van der Waals surface area contributed by atoms with Crippen LogP contribution in [-0.2, 0) is 6.54 Å². The number of hydrogen-bond acceptors (Lipinski definition) is 5. The molecular formula is C14H17BrN4O. The van der Waals surface area contributed by atoms with Crippen molar-refractivity contribution in [3.05, 3.63) is 34.6 Å². The summed E-state index contributed by atoms with van der Waals surface area (Å²) in [5, 5.41) is 4.06. The van der Waals surface area contributed by atoms with Gasteiger partial charge in [0.2, 0.25) is 11.7 Å². The summed E-state index contributed by atoms with van der Waals surface area (Å²) < 4.78 is 6.36. The molecule has 1 fully saturated rings. The molecule has 0 aliphatic carbocycles. The van der Waals surface area contributed by atoms with E-state index in [-0.39, 0.29) is 0 Å². The SMILES string of the molecule is NCC1CCCN1Cc1nc(-c2cccc(Br)c2)no1. The summed E-state index contributed by atoms with van der Waals surface area (Å²) in [7, 11) is 0. The monoisotopic (exact) mass is 336 g/mol. The third kappa shape index (κ3) is 2.92. The third-order valence-electron chi connectivity index (χ3n) is 3.66. The average molecular weight is 337 g/mol. The highest BCUT2D eigenvalue weighted by Crippen LogP contribution is 2.22. The molecule has 0 saturated carbocycles. The van der Waals surface area contributed by atoms with E-state index in [1.54, 1.807) is 0 Å². The maximum atomic E-state index is 5.78. The normalized spacial score (nSPS) is 19.6. The summed E-state index contributed by atoms with van der Waals surface area (Å²) in [6.45, 7) is 2.42. The molecule has 6 heteroatoms. The second-order valence-corrected chi connectivity index (χ2v) is 5.94. The van der Waals surface area contributed by atoms with Crippen LogP contribution in [0.15, 0.2) is 33.3 Å². The molecule has 0 spiro atoms. The van der Waals surface area contributed by atoms with Gasteiger partial charge in [0.1, 0.15) is 0 Å². The third-order valence-corrected chi connectivity index (χ3v) is 4.15. The van der Waals surface area contributed by atoms with Crippen LogP contribution >= 0.6 is 15.9 Å². The molecule has 1 aromatic carbocycles. The van der Waals surface area contributed by atoms with Gasteiger partial charge in [-0.25, -0.2) is 0 Å². The van der Waals surface area contributed by atoms with Gasteiger partial charge in [0.25, 0.3) is 0 Å². The quantitative estimate of drug-likeness (QED) is 0.928. The predicted octanol–water partition coefficient (Wildman–Crippen LogP) is 2.42. The molecule has 1 saturated heterocycles. The van der Waals surface area contributed by atoms with Gasteiger partial charge in [0.05, 0.1) is 6.54 Å². The van der Waals surface area contributed by atoms with Crippen LogP contribution in [0.1, 0.15) is 18.7 Å². The van der Waals surface area contributed by atoms with Crippen molar-refractivity contribution in [3.63, 3.8) is 0 Å². The molecule has 20 heavy (non-hydrogen) atoms. The van der Waals surface area contributed by atoms with E-state index in [1.807, 2.05) is 24.3 Å². The van der Waals surface area contributed by atoms with Crippen molar-refractivity contribution in [2.24, 2.45) is 5.73 Å². The first-order chi connectivity index (χ1) is 9.76. The van der Waals surface area contributed by atoms with E-state index in [0.717, 1.165) is 23.0 Å². The lowest BCUT2D eigenvalue weighted by Gasteiger charge is -2.20. The number of likely N-dealkylation sites (tertiary alicyclic amines) is 1. The number of benzene rings is 1. The van der Waals surface area contributed by atoms with Gasteiger partial charge in [-0.3, -0.25) is 4.90 Å². The van der Waals surface area contributed by atoms with Crippen LogP contribution in [0.2, 0.25) is 0 Å². The molecule has 2 aromatic rings. The Bertz CT molecular complexity index is 586. The average Bonchev–Trinajstić information content (AvgIpc) is 3.08. The lowest BCUT2D eigenvalue weighted by molar-refractivity contribution is 0.214. The lowest BCUT2D eigenvalue weighted by Crippen LogP contribution is -2.34. The minimum absolute atomic E-state index is 0.441. The van der Waals surface area contributed by atoms with Crippen molar-refractivity contribution < 1.29 is 4.52 Å². The highest BCUT2D eigenvalue weighted by molar-refractivity contribution is 9.10. The zero-order valence-corrected chi connectivity index (χ0v) is 12.7. The Morgan fingerprint density at radius 1 is 1.45 bits per heavy atom. The molecule has 0 radical (unpaired) electrons. The molecule has 1 aliphatic rings. The number of halogens is 1. The molecule has 5 nitrogen and oxygen atoms in total. The molecule has 1 atom stereocenters. The molecule has 0 amide bonds. The zero-order chi connectivity index (χ0) is 13.9.